The van der Waals surface area contributed by atoms with Gasteiger partial charge in [-0.15, -0.1) is 0 Å². The first-order valence-electron chi connectivity index (χ1n) is 22.5. The Kier molecular flexibility index (Phi) is 7.74. The highest BCUT2D eigenvalue weighted by Crippen LogP contribution is 2.55. The number of benzene rings is 10. The summed E-state index contributed by atoms with van der Waals surface area (Å²) >= 11 is 0. The summed E-state index contributed by atoms with van der Waals surface area (Å²) in [6.45, 7) is 9.58. The van der Waals surface area contributed by atoms with Crippen molar-refractivity contribution >= 4 is 60.5 Å². The molecule has 0 saturated carbocycles. The molecule has 13 rings (SSSR count). The molecule has 10 aromatic carbocycles. The van der Waals surface area contributed by atoms with E-state index < -0.39 is 0 Å². The Bertz CT molecular complexity index is 3740. The molecule has 0 unspecified atom stereocenters. The molecule has 64 heavy (non-hydrogen) atoms. The average molecular weight is 820 g/mol. The number of furan rings is 1. The fourth-order valence-electron chi connectivity index (χ4n) is 11.3. The molecule has 2 aliphatic rings. The minimum absolute atomic E-state index is 0.197. The molecule has 2 aliphatic carbocycles. The van der Waals surface area contributed by atoms with Gasteiger partial charge in [-0.25, -0.2) is 0 Å². The lowest BCUT2D eigenvalue weighted by Crippen LogP contribution is -2.18. The largest absolute Gasteiger partial charge is 0.456 e. The first-order chi connectivity index (χ1) is 31.2. The Morgan fingerprint density at radius 1 is 0.328 bits per heavy atom. The van der Waals surface area contributed by atoms with Gasteiger partial charge in [0.25, 0.3) is 0 Å². The molecule has 2 heteroatoms. The van der Waals surface area contributed by atoms with Gasteiger partial charge in [-0.2, -0.15) is 0 Å². The number of rotatable bonds is 5. The molecule has 0 fully saturated rings. The van der Waals surface area contributed by atoms with Crippen LogP contribution in [0.4, 0.5) is 17.1 Å². The third-order valence-electron chi connectivity index (χ3n) is 14.6. The van der Waals surface area contributed by atoms with Crippen LogP contribution in [0.15, 0.2) is 205 Å². The lowest BCUT2D eigenvalue weighted by molar-refractivity contribution is 0.660. The van der Waals surface area contributed by atoms with Gasteiger partial charge in [-0.05, 0) is 144 Å². The molecule has 0 bridgehead atoms. The summed E-state index contributed by atoms with van der Waals surface area (Å²) in [7, 11) is 0. The second-order valence-electron chi connectivity index (χ2n) is 18.9. The molecule has 2 nitrogen and oxygen atoms in total. The van der Waals surface area contributed by atoms with Crippen molar-refractivity contribution in [3.8, 4) is 44.5 Å². The van der Waals surface area contributed by atoms with Crippen molar-refractivity contribution in [2.75, 3.05) is 4.90 Å². The van der Waals surface area contributed by atoms with E-state index in [0.29, 0.717) is 0 Å². The molecule has 0 saturated heterocycles. The summed E-state index contributed by atoms with van der Waals surface area (Å²) in [5.41, 5.74) is 20.5. The number of para-hydroxylation sites is 1. The van der Waals surface area contributed by atoms with E-state index in [1.54, 1.807) is 0 Å². The molecule has 0 N–H and O–H groups in total. The number of hydrogen-bond acceptors (Lipinski definition) is 2. The summed E-state index contributed by atoms with van der Waals surface area (Å²) in [4.78, 5) is 2.53. The van der Waals surface area contributed by atoms with E-state index in [9.17, 15) is 0 Å². The van der Waals surface area contributed by atoms with E-state index in [0.717, 1.165) is 33.3 Å². The molecular weight excluding hydrogens is 775 g/mol. The van der Waals surface area contributed by atoms with Crippen molar-refractivity contribution in [1.29, 1.82) is 0 Å². The standard InChI is InChI=1S/C62H45NO/c1-61(2)54-33-40(38-14-6-5-7-15-38)22-27-47(54)49-29-25-43(36-56(49)61)63(58-35-42-16-8-9-17-45(42)46-18-10-11-19-51(46)58)44-26-30-50-48-28-23-41(34-55(48)62(3,4)57(50)37-44)39-24-31-60-53(32-39)52-20-12-13-21-59(52)64-60/h5-37H,1-4H3. The van der Waals surface area contributed by atoms with Crippen LogP contribution in [0.1, 0.15) is 49.9 Å². The molecule has 1 aromatic heterocycles. The van der Waals surface area contributed by atoms with Crippen LogP contribution in [0, 0.1) is 0 Å². The number of anilines is 3. The second-order valence-corrected chi connectivity index (χ2v) is 18.9. The van der Waals surface area contributed by atoms with Crippen LogP contribution in [0.3, 0.4) is 0 Å². The third-order valence-corrected chi connectivity index (χ3v) is 14.6. The lowest BCUT2D eigenvalue weighted by atomic mass is 9.81. The zero-order valence-corrected chi connectivity index (χ0v) is 36.4. The van der Waals surface area contributed by atoms with Gasteiger partial charge in [-0.3, -0.25) is 0 Å². The van der Waals surface area contributed by atoms with Crippen LogP contribution in [-0.4, -0.2) is 0 Å². The van der Waals surface area contributed by atoms with Crippen LogP contribution < -0.4 is 4.90 Å². The molecule has 0 radical (unpaired) electrons. The smallest absolute Gasteiger partial charge is 0.135 e. The first-order valence-corrected chi connectivity index (χ1v) is 22.5. The van der Waals surface area contributed by atoms with Gasteiger partial charge in [0.15, 0.2) is 0 Å². The predicted octanol–water partition coefficient (Wildman–Crippen LogP) is 17.3. The number of nitrogens with zero attached hydrogens (tertiary/aromatic N) is 1. The summed E-state index contributed by atoms with van der Waals surface area (Å²) in [6, 6.07) is 74.3. The fraction of sp³-hybridized carbons (Fsp3) is 0.0968. The summed E-state index contributed by atoms with van der Waals surface area (Å²) < 4.78 is 6.19. The summed E-state index contributed by atoms with van der Waals surface area (Å²) in [5, 5.41) is 7.28. The van der Waals surface area contributed by atoms with Gasteiger partial charge in [-0.1, -0.05) is 167 Å². The second kappa shape index (κ2) is 13.4. The minimum atomic E-state index is -0.238. The highest BCUT2D eigenvalue weighted by molar-refractivity contribution is 6.15. The van der Waals surface area contributed by atoms with E-state index in [-0.39, 0.29) is 10.8 Å². The Balaban J connectivity index is 0.965. The van der Waals surface area contributed by atoms with Crippen LogP contribution >= 0.6 is 0 Å². The number of fused-ring (bicyclic) bond motifs is 12. The number of hydrogen-bond donors (Lipinski definition) is 0. The average Bonchev–Trinajstić information content (AvgIpc) is 3.90. The monoisotopic (exact) mass is 819 g/mol. The van der Waals surface area contributed by atoms with Crippen molar-refractivity contribution in [2.45, 2.75) is 38.5 Å². The Morgan fingerprint density at radius 3 is 1.45 bits per heavy atom. The SMILES string of the molecule is CC1(C)c2cc(-c3ccccc3)ccc2-c2ccc(N(c3ccc4c(c3)C(C)(C)c3cc(-c5ccc6oc7ccccc7c6c5)ccc3-4)c3cc4ccccc4c4ccccc34)cc21. The van der Waals surface area contributed by atoms with Gasteiger partial charge in [0.1, 0.15) is 11.2 Å². The maximum absolute atomic E-state index is 6.19. The molecular formula is C62H45NO. The maximum atomic E-state index is 6.19. The van der Waals surface area contributed by atoms with E-state index >= 15 is 0 Å². The molecule has 0 atom stereocenters. The third kappa shape index (κ3) is 5.32. The zero-order chi connectivity index (χ0) is 42.9. The molecule has 1 heterocycles. The Labute approximate surface area is 373 Å². The van der Waals surface area contributed by atoms with Crippen LogP contribution in [0.25, 0.3) is 88.0 Å². The van der Waals surface area contributed by atoms with E-state index in [1.807, 2.05) is 12.1 Å². The lowest BCUT2D eigenvalue weighted by Gasteiger charge is -2.31. The van der Waals surface area contributed by atoms with E-state index in [2.05, 4.69) is 221 Å². The predicted molar refractivity (Wildman–Crippen MR) is 269 cm³/mol. The van der Waals surface area contributed by atoms with Crippen molar-refractivity contribution in [3.63, 3.8) is 0 Å². The minimum Gasteiger partial charge on any atom is -0.456 e. The van der Waals surface area contributed by atoms with Crippen LogP contribution in [-0.2, 0) is 10.8 Å². The summed E-state index contributed by atoms with van der Waals surface area (Å²) in [5.74, 6) is 0. The quantitative estimate of drug-likeness (QED) is 0.161. The Hall–Kier alpha value is -7.68. The maximum Gasteiger partial charge on any atom is 0.135 e. The molecule has 304 valence electrons. The highest BCUT2D eigenvalue weighted by Gasteiger charge is 2.38. The van der Waals surface area contributed by atoms with Crippen LogP contribution in [0.5, 0.6) is 0 Å². The normalized spacial score (nSPS) is 14.2. The summed E-state index contributed by atoms with van der Waals surface area (Å²) in [6.07, 6.45) is 0. The zero-order valence-electron chi connectivity index (χ0n) is 36.4. The molecule has 11 aromatic rings. The molecule has 0 spiro atoms. The van der Waals surface area contributed by atoms with Gasteiger partial charge < -0.3 is 9.32 Å². The first kappa shape index (κ1) is 36.9. The topological polar surface area (TPSA) is 16.4 Å². The van der Waals surface area contributed by atoms with Gasteiger partial charge in [0.05, 0.1) is 5.69 Å². The van der Waals surface area contributed by atoms with E-state index in [4.69, 9.17) is 4.42 Å². The van der Waals surface area contributed by atoms with Crippen molar-refractivity contribution in [1.82, 2.24) is 0 Å². The molecule has 0 amide bonds. The van der Waals surface area contributed by atoms with E-state index in [1.165, 1.54) is 94.0 Å². The fourth-order valence-corrected chi connectivity index (χ4v) is 11.3. The van der Waals surface area contributed by atoms with Crippen molar-refractivity contribution in [3.05, 3.63) is 222 Å². The van der Waals surface area contributed by atoms with Crippen LogP contribution in [0.2, 0.25) is 0 Å². The van der Waals surface area contributed by atoms with Crippen molar-refractivity contribution < 1.29 is 4.42 Å². The molecule has 0 aliphatic heterocycles. The Morgan fingerprint density at radius 2 is 0.797 bits per heavy atom. The van der Waals surface area contributed by atoms with Gasteiger partial charge in [0, 0.05) is 38.4 Å². The van der Waals surface area contributed by atoms with Crippen molar-refractivity contribution in [2.24, 2.45) is 0 Å². The van der Waals surface area contributed by atoms with Gasteiger partial charge in [0.2, 0.25) is 0 Å². The highest BCUT2D eigenvalue weighted by atomic mass is 16.3. The van der Waals surface area contributed by atoms with Gasteiger partial charge >= 0.3 is 0 Å².